The fraction of sp³-hybridized carbons (Fsp3) is 0.444. The van der Waals surface area contributed by atoms with E-state index in [4.69, 9.17) is 0 Å². The van der Waals surface area contributed by atoms with Gasteiger partial charge in [0.05, 0.1) is 7.11 Å². The van der Waals surface area contributed by atoms with Gasteiger partial charge in [0.25, 0.3) is 0 Å². The lowest BCUT2D eigenvalue weighted by atomic mass is 10.3. The second-order valence-electron chi connectivity index (χ2n) is 3.45. The highest BCUT2D eigenvalue weighted by atomic mass is 31.2. The van der Waals surface area contributed by atoms with E-state index in [0.717, 1.165) is 0 Å². The monoisotopic (exact) mass is 215 g/mol. The molecule has 0 spiro atoms. The molecule has 0 saturated heterocycles. The third kappa shape index (κ3) is 2.26. The number of nitrogens with zero attached hydrogens (tertiary/aromatic N) is 1. The summed E-state index contributed by atoms with van der Waals surface area (Å²) in [4.78, 5) is 12.7. The van der Waals surface area contributed by atoms with E-state index in [1.807, 2.05) is 0 Å². The van der Waals surface area contributed by atoms with Crippen molar-refractivity contribution in [2.45, 2.75) is 5.78 Å². The van der Waals surface area contributed by atoms with Crippen molar-refractivity contribution in [1.29, 1.82) is 0 Å². The molecular weight excluding hydrogens is 201 g/mol. The summed E-state index contributed by atoms with van der Waals surface area (Å²) in [5.41, 5.74) is 0. The Balaban J connectivity index is 2.93. The molecule has 1 aliphatic heterocycles. The molecule has 78 valence electrons. The number of rotatable bonds is 1. The van der Waals surface area contributed by atoms with Gasteiger partial charge in [-0.1, -0.05) is 12.2 Å². The third-order valence-electron chi connectivity index (χ3n) is 1.95. The zero-order valence-electron chi connectivity index (χ0n) is 8.51. The first-order chi connectivity index (χ1) is 6.46. The van der Waals surface area contributed by atoms with Gasteiger partial charge in [-0.05, 0) is 19.4 Å². The third-order valence-corrected chi connectivity index (χ3v) is 3.64. The normalized spacial score (nSPS) is 21.1. The fourth-order valence-corrected chi connectivity index (χ4v) is 2.55. The van der Waals surface area contributed by atoms with Gasteiger partial charge in [-0.25, -0.2) is 4.79 Å². The summed E-state index contributed by atoms with van der Waals surface area (Å²) in [7, 11) is -1.07. The Labute approximate surface area is 83.6 Å². The molecule has 0 aromatic carbocycles. The van der Waals surface area contributed by atoms with Gasteiger partial charge < -0.3 is 9.30 Å². The van der Waals surface area contributed by atoms with E-state index in [9.17, 15) is 9.36 Å². The maximum absolute atomic E-state index is 11.9. The van der Waals surface area contributed by atoms with Crippen LogP contribution in [0.3, 0.4) is 0 Å². The van der Waals surface area contributed by atoms with Crippen LogP contribution >= 0.6 is 7.14 Å². The predicted octanol–water partition coefficient (Wildman–Crippen LogP) is 2.09. The highest BCUT2D eigenvalue weighted by Gasteiger charge is 2.31. The topological polar surface area (TPSA) is 46.6 Å². The van der Waals surface area contributed by atoms with Crippen molar-refractivity contribution < 1.29 is 14.1 Å². The second kappa shape index (κ2) is 4.01. The number of hydrogen-bond donors (Lipinski definition) is 0. The molecule has 1 aliphatic rings. The van der Waals surface area contributed by atoms with E-state index >= 15 is 0 Å². The summed E-state index contributed by atoms with van der Waals surface area (Å²) in [6, 6.07) is 0. The number of carbonyl (C=O) groups excluding carboxylic acids is 1. The van der Waals surface area contributed by atoms with E-state index in [1.54, 1.807) is 37.8 Å². The summed E-state index contributed by atoms with van der Waals surface area (Å²) in [6.07, 6.45) is 6.33. The van der Waals surface area contributed by atoms with Gasteiger partial charge in [0.2, 0.25) is 0 Å². The lowest BCUT2D eigenvalue weighted by Gasteiger charge is -2.29. The minimum atomic E-state index is -2.38. The molecule has 0 saturated carbocycles. The van der Waals surface area contributed by atoms with Crippen LogP contribution in [0.15, 0.2) is 24.4 Å². The number of ether oxygens (including phenoxy) is 1. The van der Waals surface area contributed by atoms with Crippen molar-refractivity contribution in [2.24, 2.45) is 0 Å². The maximum atomic E-state index is 11.9. The van der Waals surface area contributed by atoms with Crippen LogP contribution in [-0.4, -0.2) is 37.2 Å². The zero-order valence-corrected chi connectivity index (χ0v) is 9.40. The molecule has 4 nitrogen and oxygen atoms in total. The largest absolute Gasteiger partial charge is 0.452 e. The van der Waals surface area contributed by atoms with Crippen LogP contribution in [0.4, 0.5) is 4.79 Å². The van der Waals surface area contributed by atoms with E-state index in [0.29, 0.717) is 0 Å². The summed E-state index contributed by atoms with van der Waals surface area (Å²) >= 11 is 0. The van der Waals surface area contributed by atoms with Gasteiger partial charge in [-0.3, -0.25) is 4.90 Å². The van der Waals surface area contributed by atoms with E-state index in [-0.39, 0.29) is 5.78 Å². The van der Waals surface area contributed by atoms with Crippen molar-refractivity contribution >= 4 is 13.2 Å². The molecule has 0 N–H and O–H groups in total. The van der Waals surface area contributed by atoms with Gasteiger partial charge in [-0.2, -0.15) is 0 Å². The van der Waals surface area contributed by atoms with Gasteiger partial charge in [0, 0.05) is 6.20 Å². The average molecular weight is 215 g/mol. The molecule has 0 aromatic rings. The summed E-state index contributed by atoms with van der Waals surface area (Å²) in [6.45, 7) is 3.30. The highest BCUT2D eigenvalue weighted by molar-refractivity contribution is 7.63. The quantitative estimate of drug-likeness (QED) is 0.629. The molecule has 0 radical (unpaired) electrons. The van der Waals surface area contributed by atoms with Crippen LogP contribution in [-0.2, 0) is 9.30 Å². The predicted molar refractivity (Wildman–Crippen MR) is 55.8 cm³/mol. The standard InChI is InChI=1S/C9H14NO3P/c1-13-9(11)10-7-5-4-6-8(10)14(2,3)12/h4-8H,1-3H3. The molecule has 5 heteroatoms. The first kappa shape index (κ1) is 11.1. The Morgan fingerprint density at radius 2 is 2.07 bits per heavy atom. The summed E-state index contributed by atoms with van der Waals surface area (Å²) in [5, 5.41) is 0. The molecule has 1 unspecified atom stereocenters. The Bertz CT molecular complexity index is 329. The molecule has 0 aliphatic carbocycles. The van der Waals surface area contributed by atoms with E-state index < -0.39 is 13.2 Å². The van der Waals surface area contributed by atoms with Gasteiger partial charge >= 0.3 is 6.09 Å². The maximum Gasteiger partial charge on any atom is 0.414 e. The fourth-order valence-electron chi connectivity index (χ4n) is 1.27. The second-order valence-corrected chi connectivity index (χ2v) is 6.85. The molecular formula is C9H14NO3P. The van der Waals surface area contributed by atoms with Crippen molar-refractivity contribution in [3.8, 4) is 0 Å². The molecule has 14 heavy (non-hydrogen) atoms. The minimum Gasteiger partial charge on any atom is -0.452 e. The molecule has 1 amide bonds. The lowest BCUT2D eigenvalue weighted by molar-refractivity contribution is 0.139. The number of carbonyl (C=O) groups is 1. The highest BCUT2D eigenvalue weighted by Crippen LogP contribution is 2.45. The molecule has 0 bridgehead atoms. The van der Waals surface area contributed by atoms with Crippen molar-refractivity contribution in [2.75, 3.05) is 20.4 Å². The van der Waals surface area contributed by atoms with Crippen molar-refractivity contribution in [1.82, 2.24) is 4.90 Å². The Morgan fingerprint density at radius 1 is 1.43 bits per heavy atom. The lowest BCUT2D eigenvalue weighted by Crippen LogP contribution is -2.35. The van der Waals surface area contributed by atoms with Crippen molar-refractivity contribution in [3.05, 3.63) is 24.4 Å². The smallest absolute Gasteiger partial charge is 0.414 e. The van der Waals surface area contributed by atoms with Gasteiger partial charge in [0.15, 0.2) is 0 Å². The summed E-state index contributed by atoms with van der Waals surface area (Å²) in [5.74, 6) is -0.389. The van der Waals surface area contributed by atoms with Crippen LogP contribution in [0.1, 0.15) is 0 Å². The first-order valence-electron chi connectivity index (χ1n) is 4.23. The van der Waals surface area contributed by atoms with Crippen LogP contribution in [0.2, 0.25) is 0 Å². The number of amides is 1. The first-order valence-corrected chi connectivity index (χ1v) is 6.90. The van der Waals surface area contributed by atoms with E-state index in [1.165, 1.54) is 12.0 Å². The number of allylic oxidation sites excluding steroid dienone is 2. The van der Waals surface area contributed by atoms with Crippen LogP contribution in [0.5, 0.6) is 0 Å². The van der Waals surface area contributed by atoms with Crippen LogP contribution < -0.4 is 0 Å². The minimum absolute atomic E-state index is 0.389. The average Bonchev–Trinajstić information content (AvgIpc) is 2.15. The molecule has 1 atom stereocenters. The SMILES string of the molecule is COC(=O)N1C=CC=CC1P(C)(C)=O. The van der Waals surface area contributed by atoms with Crippen molar-refractivity contribution in [3.63, 3.8) is 0 Å². The van der Waals surface area contributed by atoms with Crippen LogP contribution in [0.25, 0.3) is 0 Å². The number of methoxy groups -OCH3 is 1. The number of hydrogen-bond acceptors (Lipinski definition) is 3. The van der Waals surface area contributed by atoms with Crippen LogP contribution in [0, 0.1) is 0 Å². The molecule has 1 rings (SSSR count). The summed E-state index contributed by atoms with van der Waals surface area (Å²) < 4.78 is 16.5. The molecule has 1 heterocycles. The molecule has 0 fully saturated rings. The van der Waals surface area contributed by atoms with Gasteiger partial charge in [-0.15, -0.1) is 0 Å². The Morgan fingerprint density at radius 3 is 2.57 bits per heavy atom. The van der Waals surface area contributed by atoms with E-state index in [2.05, 4.69) is 4.74 Å². The Kier molecular flexibility index (Phi) is 3.17. The zero-order chi connectivity index (χ0) is 10.8. The molecule has 0 aromatic heterocycles. The van der Waals surface area contributed by atoms with Gasteiger partial charge in [0.1, 0.15) is 12.9 Å². The Hall–Kier alpha value is -1.02.